The molecule has 134 valence electrons. The van der Waals surface area contributed by atoms with Crippen LogP contribution < -0.4 is 4.90 Å². The number of carbonyl (C=O) groups is 1. The van der Waals surface area contributed by atoms with Crippen molar-refractivity contribution in [3.63, 3.8) is 0 Å². The molecule has 0 aromatic heterocycles. The molecule has 1 saturated heterocycles. The molecule has 1 aliphatic rings. The number of anilines is 1. The van der Waals surface area contributed by atoms with Crippen LogP contribution in [0.3, 0.4) is 0 Å². The number of quaternary nitrogens is 1. The first-order chi connectivity index (χ1) is 11.3. The van der Waals surface area contributed by atoms with Crippen LogP contribution >= 0.6 is 11.6 Å². The number of amides is 1. The van der Waals surface area contributed by atoms with E-state index in [1.54, 1.807) is 0 Å². The number of aryl methyl sites for hydroxylation is 2. The topological polar surface area (TPSA) is 20.3 Å². The largest absolute Gasteiger partial charge is 0.316 e. The van der Waals surface area contributed by atoms with E-state index in [1.165, 1.54) is 19.3 Å². The lowest BCUT2D eigenvalue weighted by atomic mass is 10.0. The number of benzene rings is 1. The number of carbonyl (C=O) groups excluding carboxylic acids is 1. The van der Waals surface area contributed by atoms with Gasteiger partial charge in [-0.05, 0) is 63.3 Å². The first kappa shape index (κ1) is 19.3. The molecule has 1 amide bonds. The van der Waals surface area contributed by atoms with Crippen LogP contribution in [0.15, 0.2) is 12.1 Å². The van der Waals surface area contributed by atoms with Crippen LogP contribution in [-0.4, -0.2) is 43.1 Å². The highest BCUT2D eigenvalue weighted by molar-refractivity contribution is 6.30. The van der Waals surface area contributed by atoms with E-state index in [-0.39, 0.29) is 11.9 Å². The Morgan fingerprint density at radius 3 is 2.17 bits per heavy atom. The molecule has 1 aromatic carbocycles. The zero-order chi connectivity index (χ0) is 17.9. The van der Waals surface area contributed by atoms with Gasteiger partial charge >= 0.3 is 0 Å². The van der Waals surface area contributed by atoms with Gasteiger partial charge in [0.25, 0.3) is 5.91 Å². The maximum absolute atomic E-state index is 13.5. The predicted octanol–water partition coefficient (Wildman–Crippen LogP) is 4.72. The average Bonchev–Trinajstić information content (AvgIpc) is 2.51. The van der Waals surface area contributed by atoms with E-state index in [0.717, 1.165) is 45.8 Å². The average molecular weight is 352 g/mol. The van der Waals surface area contributed by atoms with Crippen LogP contribution in [0.5, 0.6) is 0 Å². The smallest absolute Gasteiger partial charge is 0.285 e. The third-order valence-corrected chi connectivity index (χ3v) is 5.79. The van der Waals surface area contributed by atoms with Crippen molar-refractivity contribution in [2.24, 2.45) is 0 Å². The van der Waals surface area contributed by atoms with E-state index in [4.69, 9.17) is 11.6 Å². The Morgan fingerprint density at radius 1 is 1.17 bits per heavy atom. The minimum atomic E-state index is 0.0414. The second kappa shape index (κ2) is 7.88. The lowest BCUT2D eigenvalue weighted by Gasteiger charge is -2.44. The van der Waals surface area contributed by atoms with Gasteiger partial charge in [0.05, 0.1) is 20.1 Å². The number of piperidine rings is 1. The SMILES string of the molecule is CCC(C(=O)N(CC)c1c(C)cc(Cl)cc1C)[N+]1(C)CCCCC1. The lowest BCUT2D eigenvalue weighted by molar-refractivity contribution is -0.929. The van der Waals surface area contributed by atoms with Gasteiger partial charge in [-0.3, -0.25) is 4.79 Å². The zero-order valence-electron chi connectivity index (χ0n) is 15.9. The van der Waals surface area contributed by atoms with Gasteiger partial charge < -0.3 is 9.38 Å². The van der Waals surface area contributed by atoms with Crippen molar-refractivity contribution in [1.29, 1.82) is 0 Å². The maximum atomic E-state index is 13.5. The molecule has 24 heavy (non-hydrogen) atoms. The van der Waals surface area contributed by atoms with Gasteiger partial charge in [-0.1, -0.05) is 18.5 Å². The predicted molar refractivity (Wildman–Crippen MR) is 103 cm³/mol. The third-order valence-electron chi connectivity index (χ3n) is 5.57. The van der Waals surface area contributed by atoms with Gasteiger partial charge in [0.2, 0.25) is 0 Å². The van der Waals surface area contributed by atoms with Crippen molar-refractivity contribution < 1.29 is 9.28 Å². The van der Waals surface area contributed by atoms with Gasteiger partial charge in [0.1, 0.15) is 0 Å². The molecular weight excluding hydrogens is 320 g/mol. The van der Waals surface area contributed by atoms with E-state index in [0.29, 0.717) is 6.54 Å². The van der Waals surface area contributed by atoms with Gasteiger partial charge in [-0.2, -0.15) is 0 Å². The summed E-state index contributed by atoms with van der Waals surface area (Å²) in [5.41, 5.74) is 3.19. The highest BCUT2D eigenvalue weighted by Crippen LogP contribution is 2.31. The molecule has 0 saturated carbocycles. The van der Waals surface area contributed by atoms with E-state index < -0.39 is 0 Å². The summed E-state index contributed by atoms with van der Waals surface area (Å²) < 4.78 is 0.886. The molecule has 1 heterocycles. The Morgan fingerprint density at radius 2 is 1.71 bits per heavy atom. The van der Waals surface area contributed by atoms with Crippen LogP contribution in [0.1, 0.15) is 50.7 Å². The molecule has 1 aliphatic heterocycles. The van der Waals surface area contributed by atoms with Crippen molar-refractivity contribution in [3.8, 4) is 0 Å². The summed E-state index contributed by atoms with van der Waals surface area (Å²) in [6, 6.07) is 3.95. The van der Waals surface area contributed by atoms with Crippen molar-refractivity contribution in [2.45, 2.75) is 59.4 Å². The van der Waals surface area contributed by atoms with E-state index >= 15 is 0 Å². The van der Waals surface area contributed by atoms with Crippen LogP contribution in [0.4, 0.5) is 5.69 Å². The Kier molecular flexibility index (Phi) is 6.33. The molecule has 1 unspecified atom stereocenters. The number of likely N-dealkylation sites (tertiary alicyclic amines) is 1. The standard InChI is InChI=1S/C20H32ClN2O/c1-6-18(23(5)11-9-8-10-12-23)20(24)22(7-2)19-15(3)13-17(21)14-16(19)4/h13-14,18H,6-12H2,1-5H3/q+1. The number of hydrogen-bond acceptors (Lipinski definition) is 1. The monoisotopic (exact) mass is 351 g/mol. The Labute approximate surface area is 152 Å². The molecule has 0 aliphatic carbocycles. The first-order valence-corrected chi connectivity index (χ1v) is 9.64. The second-order valence-corrected chi connectivity index (χ2v) is 7.82. The zero-order valence-corrected chi connectivity index (χ0v) is 16.6. The van der Waals surface area contributed by atoms with Gasteiger partial charge in [0, 0.05) is 23.7 Å². The van der Waals surface area contributed by atoms with Crippen LogP contribution in [0.25, 0.3) is 0 Å². The Balaban J connectivity index is 2.37. The van der Waals surface area contributed by atoms with Crippen molar-refractivity contribution in [2.75, 3.05) is 31.6 Å². The third kappa shape index (κ3) is 3.78. The Hall–Kier alpha value is -1.06. The Bertz CT molecular complexity index is 570. The van der Waals surface area contributed by atoms with E-state index in [1.807, 2.05) is 30.9 Å². The van der Waals surface area contributed by atoms with Crippen LogP contribution in [0.2, 0.25) is 5.02 Å². The van der Waals surface area contributed by atoms with Gasteiger partial charge in [-0.25, -0.2) is 0 Å². The summed E-state index contributed by atoms with van der Waals surface area (Å²) >= 11 is 6.18. The minimum Gasteiger partial charge on any atom is -0.316 e. The van der Waals surface area contributed by atoms with Crippen LogP contribution in [0, 0.1) is 13.8 Å². The van der Waals surface area contributed by atoms with Gasteiger partial charge in [0.15, 0.2) is 6.04 Å². The molecule has 0 bridgehead atoms. The quantitative estimate of drug-likeness (QED) is 0.703. The van der Waals surface area contributed by atoms with E-state index in [9.17, 15) is 4.79 Å². The second-order valence-electron chi connectivity index (χ2n) is 7.38. The molecule has 1 aromatic rings. The van der Waals surface area contributed by atoms with Crippen molar-refractivity contribution in [3.05, 3.63) is 28.3 Å². The molecular formula is C20H32ClN2O+. The summed E-state index contributed by atoms with van der Waals surface area (Å²) in [6.07, 6.45) is 4.64. The number of likely N-dealkylation sites (N-methyl/N-ethyl adjacent to an activating group) is 2. The molecule has 3 nitrogen and oxygen atoms in total. The number of rotatable bonds is 5. The maximum Gasteiger partial charge on any atom is 0.285 e. The fourth-order valence-electron chi connectivity index (χ4n) is 4.36. The summed E-state index contributed by atoms with van der Waals surface area (Å²) in [5, 5.41) is 0.735. The first-order valence-electron chi connectivity index (χ1n) is 9.26. The molecule has 1 fully saturated rings. The molecule has 1 atom stereocenters. The normalized spacial score (nSPS) is 18.2. The number of hydrogen-bond donors (Lipinski definition) is 0. The number of halogens is 1. The van der Waals surface area contributed by atoms with Gasteiger partial charge in [-0.15, -0.1) is 0 Å². The summed E-state index contributed by atoms with van der Waals surface area (Å²) in [4.78, 5) is 15.5. The molecule has 4 heteroatoms. The van der Waals surface area contributed by atoms with Crippen molar-refractivity contribution in [1.82, 2.24) is 0 Å². The fraction of sp³-hybridized carbons (Fsp3) is 0.650. The molecule has 0 N–H and O–H groups in total. The molecule has 2 rings (SSSR count). The summed E-state index contributed by atoms with van der Waals surface area (Å²) in [7, 11) is 2.26. The van der Waals surface area contributed by atoms with Crippen molar-refractivity contribution >= 4 is 23.2 Å². The minimum absolute atomic E-state index is 0.0414. The number of nitrogens with zero attached hydrogens (tertiary/aromatic N) is 2. The summed E-state index contributed by atoms with van der Waals surface area (Å²) in [6.45, 7) is 11.2. The van der Waals surface area contributed by atoms with Crippen LogP contribution in [-0.2, 0) is 4.79 Å². The molecule has 0 spiro atoms. The highest BCUT2D eigenvalue weighted by Gasteiger charge is 2.40. The molecule has 0 radical (unpaired) electrons. The fourth-order valence-corrected chi connectivity index (χ4v) is 4.69. The lowest BCUT2D eigenvalue weighted by Crippen LogP contribution is -2.61. The summed E-state index contributed by atoms with van der Waals surface area (Å²) in [5.74, 6) is 0.262. The highest BCUT2D eigenvalue weighted by atomic mass is 35.5. The van der Waals surface area contributed by atoms with E-state index in [2.05, 4.69) is 20.9 Å².